The van der Waals surface area contributed by atoms with Crippen molar-refractivity contribution in [2.75, 3.05) is 13.1 Å². The monoisotopic (exact) mass is 431 g/mol. The van der Waals surface area contributed by atoms with Gasteiger partial charge in [0.2, 0.25) is 0 Å². The molecule has 0 radical (unpaired) electrons. The van der Waals surface area contributed by atoms with E-state index in [0.29, 0.717) is 40.8 Å². The summed E-state index contributed by atoms with van der Waals surface area (Å²) in [7, 11) is 0. The van der Waals surface area contributed by atoms with Crippen LogP contribution in [0.2, 0.25) is 0 Å². The third-order valence-electron chi connectivity index (χ3n) is 4.87. The Kier molecular flexibility index (Phi) is 4.63. The van der Waals surface area contributed by atoms with Crippen molar-refractivity contribution in [3.63, 3.8) is 0 Å². The van der Waals surface area contributed by atoms with Crippen molar-refractivity contribution in [2.45, 2.75) is 18.9 Å². The molecule has 0 saturated carbocycles. The lowest BCUT2D eigenvalue weighted by Gasteiger charge is -2.31. The number of carbonyl (C=O) groups is 1. The molecule has 0 aliphatic carbocycles. The van der Waals surface area contributed by atoms with E-state index in [1.54, 1.807) is 4.90 Å². The molecule has 1 aliphatic heterocycles. The number of fused-ring (bicyclic) bond motifs is 2. The van der Waals surface area contributed by atoms with Crippen LogP contribution in [-0.2, 0) is 0 Å². The normalized spacial score (nSPS) is 15.3. The highest BCUT2D eigenvalue weighted by Gasteiger charge is 2.27. The third-order valence-corrected chi connectivity index (χ3v) is 6.78. The van der Waals surface area contributed by atoms with Gasteiger partial charge in [0, 0.05) is 32.0 Å². The first-order valence-electron chi connectivity index (χ1n) is 9.14. The largest absolute Gasteiger partial charge is 0.467 e. The number of rotatable bonds is 3. The first kappa shape index (κ1) is 18.4. The summed E-state index contributed by atoms with van der Waals surface area (Å²) in [5.74, 6) is -1.39. The van der Waals surface area contributed by atoms with Crippen LogP contribution in [0, 0.1) is 11.6 Å². The van der Waals surface area contributed by atoms with Crippen LogP contribution in [0.3, 0.4) is 0 Å². The number of likely N-dealkylation sites (tertiary alicyclic amines) is 1. The quantitative estimate of drug-likeness (QED) is 0.465. The molecule has 1 amide bonds. The van der Waals surface area contributed by atoms with Gasteiger partial charge >= 0.3 is 0 Å². The first-order valence-corrected chi connectivity index (χ1v) is 10.8. The molecule has 2 aromatic carbocycles. The average molecular weight is 431 g/mol. The van der Waals surface area contributed by atoms with Gasteiger partial charge in [-0.3, -0.25) is 4.79 Å². The molecule has 0 spiro atoms. The molecule has 0 atom stereocenters. The Morgan fingerprint density at radius 1 is 1.07 bits per heavy atom. The maximum atomic E-state index is 13.8. The molecule has 29 heavy (non-hydrogen) atoms. The molecule has 0 N–H and O–H groups in total. The van der Waals surface area contributed by atoms with Crippen molar-refractivity contribution >= 4 is 49.0 Å². The van der Waals surface area contributed by atoms with Crippen LogP contribution in [0.15, 0.2) is 36.4 Å². The number of piperidine rings is 1. The second-order valence-electron chi connectivity index (χ2n) is 6.81. The number of hydrogen-bond acceptors (Lipinski definition) is 6. The second kappa shape index (κ2) is 7.31. The van der Waals surface area contributed by atoms with E-state index in [2.05, 4.69) is 9.97 Å². The number of benzene rings is 2. The number of aromatic nitrogens is 2. The first-order chi connectivity index (χ1) is 14.1. The fraction of sp³-hybridized carbons (Fsp3) is 0.250. The van der Waals surface area contributed by atoms with Crippen LogP contribution >= 0.6 is 22.7 Å². The van der Waals surface area contributed by atoms with Crippen molar-refractivity contribution in [3.05, 3.63) is 53.0 Å². The van der Waals surface area contributed by atoms with Gasteiger partial charge in [0.25, 0.3) is 11.1 Å². The number of ether oxygens (including phenoxy) is 1. The minimum atomic E-state index is -0.692. The molecule has 2 aromatic heterocycles. The van der Waals surface area contributed by atoms with Crippen molar-refractivity contribution in [1.82, 2.24) is 14.9 Å². The number of thiazole rings is 2. The van der Waals surface area contributed by atoms with Crippen LogP contribution < -0.4 is 4.74 Å². The molecule has 9 heteroatoms. The summed E-state index contributed by atoms with van der Waals surface area (Å²) >= 11 is 2.52. The summed E-state index contributed by atoms with van der Waals surface area (Å²) in [4.78, 5) is 23.1. The smallest absolute Gasteiger partial charge is 0.282 e. The van der Waals surface area contributed by atoms with Gasteiger partial charge in [-0.25, -0.2) is 13.8 Å². The molecule has 0 bridgehead atoms. The molecular formula is C20H15F2N3O2S2. The van der Waals surface area contributed by atoms with E-state index >= 15 is 0 Å². The maximum absolute atomic E-state index is 13.8. The van der Waals surface area contributed by atoms with E-state index in [4.69, 9.17) is 4.74 Å². The van der Waals surface area contributed by atoms with Gasteiger partial charge in [-0.2, -0.15) is 4.98 Å². The highest BCUT2D eigenvalue weighted by atomic mass is 32.1. The molecule has 3 heterocycles. The standard InChI is InChI=1S/C20H15F2N3O2S2/c21-11-9-13(22)17-16(10-11)29-20(24-17)27-12-5-7-25(8-6-12)19(26)18-23-14-3-1-2-4-15(14)28-18/h1-4,9-10,12H,5-8H2. The van der Waals surface area contributed by atoms with Gasteiger partial charge in [0.15, 0.2) is 10.8 Å². The number of para-hydroxylation sites is 1. The second-order valence-corrected chi connectivity index (χ2v) is 8.83. The molecule has 4 aromatic rings. The fourth-order valence-corrected chi connectivity index (χ4v) is 5.26. The summed E-state index contributed by atoms with van der Waals surface area (Å²) in [5, 5.41) is 0.815. The van der Waals surface area contributed by atoms with Gasteiger partial charge in [0.05, 0.1) is 14.9 Å². The summed E-state index contributed by atoms with van der Waals surface area (Å²) in [6, 6.07) is 9.76. The number of amides is 1. The molecule has 148 valence electrons. The topological polar surface area (TPSA) is 55.3 Å². The number of hydrogen-bond donors (Lipinski definition) is 0. The molecule has 0 unspecified atom stereocenters. The van der Waals surface area contributed by atoms with Crippen LogP contribution in [0.1, 0.15) is 22.6 Å². The SMILES string of the molecule is O=C(c1nc2ccccc2s1)N1CCC(Oc2nc3c(F)cc(F)cc3s2)CC1. The average Bonchev–Trinajstić information content (AvgIpc) is 3.32. The van der Waals surface area contributed by atoms with Crippen LogP contribution in [0.4, 0.5) is 8.78 Å². The van der Waals surface area contributed by atoms with E-state index in [9.17, 15) is 13.6 Å². The van der Waals surface area contributed by atoms with Crippen molar-refractivity contribution in [2.24, 2.45) is 0 Å². The maximum Gasteiger partial charge on any atom is 0.282 e. The molecule has 1 fully saturated rings. The Balaban J connectivity index is 1.24. The fourth-order valence-electron chi connectivity index (χ4n) is 3.41. The predicted molar refractivity (Wildman–Crippen MR) is 109 cm³/mol. The predicted octanol–water partition coefficient (Wildman–Crippen LogP) is 4.87. The van der Waals surface area contributed by atoms with Gasteiger partial charge in [-0.05, 0) is 18.2 Å². The Bertz CT molecular complexity index is 1180. The number of nitrogens with zero attached hydrogens (tertiary/aromatic N) is 3. The Labute approximate surface area is 172 Å². The number of carbonyl (C=O) groups excluding carboxylic acids is 1. The van der Waals surface area contributed by atoms with E-state index in [1.807, 2.05) is 24.3 Å². The lowest BCUT2D eigenvalue weighted by molar-refractivity contribution is 0.0595. The van der Waals surface area contributed by atoms with Crippen molar-refractivity contribution in [3.8, 4) is 5.19 Å². The summed E-state index contributed by atoms with van der Waals surface area (Å²) in [5.41, 5.74) is 0.952. The lowest BCUT2D eigenvalue weighted by Crippen LogP contribution is -2.41. The molecule has 5 nitrogen and oxygen atoms in total. The lowest BCUT2D eigenvalue weighted by atomic mass is 10.1. The van der Waals surface area contributed by atoms with E-state index in [-0.39, 0.29) is 17.5 Å². The summed E-state index contributed by atoms with van der Waals surface area (Å²) < 4.78 is 34.5. The van der Waals surface area contributed by atoms with Gasteiger partial charge < -0.3 is 9.64 Å². The summed E-state index contributed by atoms with van der Waals surface area (Å²) in [6.07, 6.45) is 1.16. The van der Waals surface area contributed by atoms with E-state index in [1.165, 1.54) is 17.4 Å². The Morgan fingerprint density at radius 3 is 2.66 bits per heavy atom. The highest BCUT2D eigenvalue weighted by molar-refractivity contribution is 7.20. The van der Waals surface area contributed by atoms with Crippen LogP contribution in [0.5, 0.6) is 5.19 Å². The van der Waals surface area contributed by atoms with E-state index < -0.39 is 11.6 Å². The number of halogens is 2. The molecule has 5 rings (SSSR count). The van der Waals surface area contributed by atoms with Gasteiger partial charge in [-0.1, -0.05) is 23.5 Å². The zero-order chi connectivity index (χ0) is 20.0. The minimum Gasteiger partial charge on any atom is -0.467 e. The van der Waals surface area contributed by atoms with E-state index in [0.717, 1.165) is 27.6 Å². The van der Waals surface area contributed by atoms with Crippen molar-refractivity contribution < 1.29 is 18.3 Å². The third kappa shape index (κ3) is 3.56. The highest BCUT2D eigenvalue weighted by Crippen LogP contribution is 2.32. The minimum absolute atomic E-state index is 0.0674. The van der Waals surface area contributed by atoms with Crippen LogP contribution in [-0.4, -0.2) is 40.0 Å². The van der Waals surface area contributed by atoms with Crippen LogP contribution in [0.25, 0.3) is 20.4 Å². The van der Waals surface area contributed by atoms with Crippen molar-refractivity contribution in [1.29, 1.82) is 0 Å². The Morgan fingerprint density at radius 2 is 1.86 bits per heavy atom. The zero-order valence-electron chi connectivity index (χ0n) is 15.1. The van der Waals surface area contributed by atoms with Gasteiger partial charge in [0.1, 0.15) is 17.4 Å². The van der Waals surface area contributed by atoms with Gasteiger partial charge in [-0.15, -0.1) is 11.3 Å². The summed E-state index contributed by atoms with van der Waals surface area (Å²) in [6.45, 7) is 1.10. The molecule has 1 saturated heterocycles. The molecule has 1 aliphatic rings. The zero-order valence-corrected chi connectivity index (χ0v) is 16.7. The molecular weight excluding hydrogens is 416 g/mol. The Hall–Kier alpha value is -2.65.